The second-order valence-electron chi connectivity index (χ2n) is 13.8. The van der Waals surface area contributed by atoms with E-state index in [1.807, 2.05) is 48.5 Å². The monoisotopic (exact) mass is 651 g/mol. The molecule has 0 heterocycles. The summed E-state index contributed by atoms with van der Waals surface area (Å²) in [6.07, 6.45) is 13.8. The van der Waals surface area contributed by atoms with Crippen molar-refractivity contribution in [3.63, 3.8) is 0 Å². The van der Waals surface area contributed by atoms with Gasteiger partial charge in [-0.2, -0.15) is 0 Å². The standard InChI is InChI=1S/C25H30N2O7.C12H23N/c1-25(2,3)34-14-20(22(29)26-19(13-28)23(30)31)27(24(32)33-4)21-17-11-7-5-9-15(17)16-10-6-8-12-18(16)21;1-3-7-11(8-4-1)13-12-9-5-2-6-10-12/h5-12,19-21,28H,13-14H2,1-4H3,(H,26,29)(H,30,31);11-13H,1-10H2/t19-,20?;/m0./s1. The highest BCUT2D eigenvalue weighted by atomic mass is 16.5. The van der Waals surface area contributed by atoms with Crippen LogP contribution in [0.3, 0.4) is 0 Å². The number of hydrogen-bond acceptors (Lipinski definition) is 7. The third-order valence-electron chi connectivity index (χ3n) is 9.26. The molecule has 5 rings (SSSR count). The van der Waals surface area contributed by atoms with Crippen molar-refractivity contribution in [3.05, 3.63) is 59.7 Å². The number of nitrogens with zero attached hydrogens (tertiary/aromatic N) is 1. The molecular formula is C37H53N3O7. The van der Waals surface area contributed by atoms with Crippen molar-refractivity contribution in [1.29, 1.82) is 0 Å². The lowest BCUT2D eigenvalue weighted by atomic mass is 9.91. The summed E-state index contributed by atoms with van der Waals surface area (Å²) in [4.78, 5) is 39.3. The van der Waals surface area contributed by atoms with Crippen LogP contribution in [-0.2, 0) is 19.1 Å². The normalized spacial score (nSPS) is 18.1. The van der Waals surface area contributed by atoms with Gasteiger partial charge in [0, 0.05) is 12.1 Å². The quantitative estimate of drug-likeness (QED) is 0.253. The lowest BCUT2D eigenvalue weighted by Crippen LogP contribution is -2.57. The third kappa shape index (κ3) is 9.78. The van der Waals surface area contributed by atoms with Gasteiger partial charge < -0.3 is 30.3 Å². The summed E-state index contributed by atoms with van der Waals surface area (Å²) in [6.45, 7) is 4.39. The number of nitrogens with one attached hydrogen (secondary N) is 2. The fourth-order valence-corrected chi connectivity index (χ4v) is 6.88. The largest absolute Gasteiger partial charge is 0.480 e. The van der Waals surface area contributed by atoms with Gasteiger partial charge in [-0.15, -0.1) is 0 Å². The number of hydrogen-bond donors (Lipinski definition) is 4. The molecule has 0 radical (unpaired) electrons. The molecule has 2 aromatic rings. The zero-order chi connectivity index (χ0) is 34.0. The van der Waals surface area contributed by atoms with E-state index in [1.165, 1.54) is 76.2 Å². The van der Waals surface area contributed by atoms with E-state index in [2.05, 4.69) is 10.6 Å². The first-order chi connectivity index (χ1) is 22.5. The van der Waals surface area contributed by atoms with Crippen molar-refractivity contribution in [2.45, 2.75) is 121 Å². The number of amides is 2. The Bertz CT molecular complexity index is 1270. The van der Waals surface area contributed by atoms with Gasteiger partial charge in [-0.3, -0.25) is 9.69 Å². The molecule has 0 saturated heterocycles. The molecule has 258 valence electrons. The minimum absolute atomic E-state index is 0.219. The Kier molecular flexibility index (Phi) is 13.2. The molecule has 3 aliphatic rings. The molecule has 10 heteroatoms. The maximum absolute atomic E-state index is 13.4. The number of methoxy groups -OCH3 is 1. The zero-order valence-corrected chi connectivity index (χ0v) is 28.4. The van der Waals surface area contributed by atoms with Crippen molar-refractivity contribution in [2.75, 3.05) is 20.3 Å². The molecule has 2 fully saturated rings. The van der Waals surface area contributed by atoms with Crippen LogP contribution in [0, 0.1) is 0 Å². The molecule has 0 spiro atoms. The number of carboxylic acids is 1. The number of carbonyl (C=O) groups excluding carboxylic acids is 2. The van der Waals surface area contributed by atoms with Crippen molar-refractivity contribution >= 4 is 18.0 Å². The summed E-state index contributed by atoms with van der Waals surface area (Å²) in [7, 11) is 1.22. The molecule has 0 bridgehead atoms. The first-order valence-corrected chi connectivity index (χ1v) is 17.1. The molecule has 1 unspecified atom stereocenters. The van der Waals surface area contributed by atoms with E-state index in [4.69, 9.17) is 9.47 Å². The topological polar surface area (TPSA) is 137 Å². The average Bonchev–Trinajstić information content (AvgIpc) is 3.39. The second kappa shape index (κ2) is 17.1. The Balaban J connectivity index is 0.000000318. The number of aliphatic hydroxyl groups is 1. The number of benzene rings is 2. The number of aliphatic hydroxyl groups excluding tert-OH is 1. The fourth-order valence-electron chi connectivity index (χ4n) is 6.88. The van der Waals surface area contributed by atoms with E-state index >= 15 is 0 Å². The lowest BCUT2D eigenvalue weighted by molar-refractivity contribution is -0.145. The highest BCUT2D eigenvalue weighted by Crippen LogP contribution is 2.47. The van der Waals surface area contributed by atoms with Crippen LogP contribution >= 0.6 is 0 Å². The zero-order valence-electron chi connectivity index (χ0n) is 28.4. The van der Waals surface area contributed by atoms with E-state index in [0.29, 0.717) is 0 Å². The molecule has 2 amide bonds. The average molecular weight is 652 g/mol. The fraction of sp³-hybridized carbons (Fsp3) is 0.595. The Hall–Kier alpha value is -3.47. The maximum Gasteiger partial charge on any atom is 0.411 e. The molecular weight excluding hydrogens is 598 g/mol. The number of ether oxygens (including phenoxy) is 2. The van der Waals surface area contributed by atoms with Crippen LogP contribution in [0.5, 0.6) is 0 Å². The molecule has 0 aliphatic heterocycles. The van der Waals surface area contributed by atoms with Gasteiger partial charge >= 0.3 is 12.1 Å². The van der Waals surface area contributed by atoms with Gasteiger partial charge in [-0.1, -0.05) is 87.1 Å². The van der Waals surface area contributed by atoms with Crippen molar-refractivity contribution in [1.82, 2.24) is 15.5 Å². The second-order valence-corrected chi connectivity index (χ2v) is 13.8. The van der Waals surface area contributed by atoms with E-state index in [1.54, 1.807) is 20.8 Å². The summed E-state index contributed by atoms with van der Waals surface area (Å²) in [5, 5.41) is 24.9. The number of aliphatic carboxylic acids is 1. The molecule has 0 aromatic heterocycles. The number of rotatable bonds is 10. The molecule has 47 heavy (non-hydrogen) atoms. The molecule has 2 saturated carbocycles. The number of carbonyl (C=O) groups is 3. The summed E-state index contributed by atoms with van der Waals surface area (Å²) >= 11 is 0. The van der Waals surface area contributed by atoms with E-state index in [0.717, 1.165) is 34.3 Å². The van der Waals surface area contributed by atoms with Crippen LogP contribution in [0.25, 0.3) is 11.1 Å². The first-order valence-electron chi connectivity index (χ1n) is 17.1. The maximum atomic E-state index is 13.4. The Morgan fingerprint density at radius 3 is 1.77 bits per heavy atom. The van der Waals surface area contributed by atoms with Gasteiger partial charge in [0.25, 0.3) is 0 Å². The van der Waals surface area contributed by atoms with E-state index < -0.39 is 48.3 Å². The first kappa shape index (κ1) is 36.4. The van der Waals surface area contributed by atoms with Crippen LogP contribution in [0.1, 0.15) is 102 Å². The Labute approximate surface area is 279 Å². The predicted molar refractivity (Wildman–Crippen MR) is 181 cm³/mol. The van der Waals surface area contributed by atoms with Crippen LogP contribution in [0.4, 0.5) is 4.79 Å². The van der Waals surface area contributed by atoms with Crippen LogP contribution in [-0.4, -0.2) is 83.2 Å². The number of carboxylic acid groups (broad SMARTS) is 1. The summed E-state index contributed by atoms with van der Waals surface area (Å²) in [5.41, 5.74) is 2.81. The number of fused-ring (bicyclic) bond motifs is 3. The van der Waals surface area contributed by atoms with E-state index in [-0.39, 0.29) is 6.61 Å². The highest BCUT2D eigenvalue weighted by molar-refractivity contribution is 5.91. The van der Waals surface area contributed by atoms with Gasteiger partial charge in [-0.05, 0) is 68.7 Å². The Morgan fingerprint density at radius 2 is 1.34 bits per heavy atom. The van der Waals surface area contributed by atoms with Crippen LogP contribution < -0.4 is 10.6 Å². The van der Waals surface area contributed by atoms with Crippen molar-refractivity contribution in [3.8, 4) is 11.1 Å². The van der Waals surface area contributed by atoms with Crippen molar-refractivity contribution < 1.29 is 34.1 Å². The molecule has 3 aliphatic carbocycles. The minimum atomic E-state index is -1.53. The lowest BCUT2D eigenvalue weighted by Gasteiger charge is -2.37. The minimum Gasteiger partial charge on any atom is -0.480 e. The molecule has 10 nitrogen and oxygen atoms in total. The van der Waals surface area contributed by atoms with Gasteiger partial charge in [-0.25, -0.2) is 9.59 Å². The van der Waals surface area contributed by atoms with Crippen LogP contribution in [0.15, 0.2) is 48.5 Å². The third-order valence-corrected chi connectivity index (χ3v) is 9.26. The van der Waals surface area contributed by atoms with E-state index in [9.17, 15) is 24.6 Å². The molecule has 4 N–H and O–H groups in total. The predicted octanol–water partition coefficient (Wildman–Crippen LogP) is 5.81. The van der Waals surface area contributed by atoms with Crippen molar-refractivity contribution in [2.24, 2.45) is 0 Å². The summed E-state index contributed by atoms with van der Waals surface area (Å²) in [5.74, 6) is -2.18. The summed E-state index contributed by atoms with van der Waals surface area (Å²) < 4.78 is 11.0. The molecule has 2 atom stereocenters. The molecule has 2 aromatic carbocycles. The summed E-state index contributed by atoms with van der Waals surface area (Å²) in [6, 6.07) is 13.4. The Morgan fingerprint density at radius 1 is 0.851 bits per heavy atom. The SMILES string of the molecule is C1CCC(NC2CCCCC2)CC1.COC(=O)N(C(COC(C)(C)C)C(=O)N[C@@H](CO)C(=O)O)C1c2ccccc2-c2ccccc21. The van der Waals surface area contributed by atoms with Crippen LogP contribution in [0.2, 0.25) is 0 Å². The van der Waals surface area contributed by atoms with Gasteiger partial charge in [0.2, 0.25) is 5.91 Å². The van der Waals surface area contributed by atoms with Gasteiger partial charge in [0.05, 0.1) is 32.0 Å². The smallest absolute Gasteiger partial charge is 0.411 e. The highest BCUT2D eigenvalue weighted by Gasteiger charge is 2.43. The van der Waals surface area contributed by atoms with Gasteiger partial charge in [0.1, 0.15) is 12.1 Å². The van der Waals surface area contributed by atoms with Gasteiger partial charge in [0.15, 0.2) is 0 Å².